The van der Waals surface area contributed by atoms with Crippen molar-refractivity contribution in [3.63, 3.8) is 0 Å². The molecule has 198 valence electrons. The lowest BCUT2D eigenvalue weighted by Crippen LogP contribution is -2.36. The summed E-state index contributed by atoms with van der Waals surface area (Å²) >= 11 is 4.42. The number of nitrogens with two attached hydrogens (primary N) is 1. The van der Waals surface area contributed by atoms with Crippen molar-refractivity contribution >= 4 is 49.2 Å². The Morgan fingerprint density at radius 1 is 1.35 bits per heavy atom. The van der Waals surface area contributed by atoms with Crippen LogP contribution in [0.4, 0.5) is 5.82 Å². The van der Waals surface area contributed by atoms with Crippen molar-refractivity contribution < 1.29 is 32.7 Å². The number of aliphatic hydroxyl groups excluding tert-OH is 2. The van der Waals surface area contributed by atoms with Gasteiger partial charge >= 0.3 is 10.3 Å². The van der Waals surface area contributed by atoms with Crippen LogP contribution in [0.1, 0.15) is 39.8 Å². The number of carbonyl (C=O) groups is 1. The highest BCUT2D eigenvalue weighted by atomic mass is 79.9. The molecule has 3 heterocycles. The monoisotopic (exact) mass is 613 g/mol. The van der Waals surface area contributed by atoms with Crippen LogP contribution in [0.3, 0.4) is 0 Å². The van der Waals surface area contributed by atoms with Crippen molar-refractivity contribution in [2.75, 3.05) is 11.9 Å². The number of halogens is 1. The molecule has 1 aliphatic carbocycles. The van der Waals surface area contributed by atoms with E-state index in [1.165, 1.54) is 12.5 Å². The van der Waals surface area contributed by atoms with E-state index in [2.05, 4.69) is 40.4 Å². The van der Waals surface area contributed by atoms with Gasteiger partial charge in [-0.05, 0) is 52.9 Å². The van der Waals surface area contributed by atoms with Crippen LogP contribution >= 0.6 is 27.3 Å². The molecule has 4 rings (SSSR count). The number of ketones is 1. The second kappa shape index (κ2) is 10.8. The van der Waals surface area contributed by atoms with Crippen molar-refractivity contribution in [2.24, 2.45) is 11.1 Å². The molecule has 6 N–H and O–H groups in total. The fourth-order valence-corrected chi connectivity index (χ4v) is 5.74. The number of hydrogen-bond donors (Lipinski definition) is 5. The van der Waals surface area contributed by atoms with E-state index >= 15 is 0 Å². The maximum absolute atomic E-state index is 13.4. The SMILES string of the molecule is C[C@@](O)(c1csc(C(=O)c2cncnc2N[C@@H]2C[C@H](COS(N)(=O)=O)[C@@H](O)[C@H]2O)c1)c1cccc(Br)n1. The fourth-order valence-electron chi connectivity index (χ4n) is 4.07. The summed E-state index contributed by atoms with van der Waals surface area (Å²) in [4.78, 5) is 26.1. The number of nitrogens with zero attached hydrogens (tertiary/aromatic N) is 3. The summed E-state index contributed by atoms with van der Waals surface area (Å²) in [5.41, 5.74) is -0.462. The average molecular weight is 615 g/mol. The quantitative estimate of drug-likeness (QED) is 0.170. The summed E-state index contributed by atoms with van der Waals surface area (Å²) < 4.78 is 27.3. The third-order valence-electron chi connectivity index (χ3n) is 6.13. The topological polar surface area (TPSA) is 198 Å². The Labute approximate surface area is 225 Å². The molecule has 3 aromatic heterocycles. The fraction of sp³-hybridized carbons (Fsp3) is 0.364. The van der Waals surface area contributed by atoms with Crippen molar-refractivity contribution in [1.82, 2.24) is 15.0 Å². The largest absolute Gasteiger partial charge is 0.390 e. The van der Waals surface area contributed by atoms with E-state index in [4.69, 9.17) is 5.14 Å². The molecular formula is C22H24BrN5O7S2. The molecule has 12 nitrogen and oxygen atoms in total. The number of nitrogens with one attached hydrogen (secondary N) is 1. The molecule has 5 atom stereocenters. The van der Waals surface area contributed by atoms with Crippen molar-refractivity contribution in [1.29, 1.82) is 0 Å². The Balaban J connectivity index is 1.53. The molecular weight excluding hydrogens is 590 g/mol. The molecule has 0 spiro atoms. The van der Waals surface area contributed by atoms with Gasteiger partial charge in [0.25, 0.3) is 0 Å². The predicted octanol–water partition coefficient (Wildman–Crippen LogP) is 0.925. The van der Waals surface area contributed by atoms with Crippen LogP contribution in [0.2, 0.25) is 0 Å². The molecule has 0 bridgehead atoms. The van der Waals surface area contributed by atoms with Crippen LogP contribution < -0.4 is 10.5 Å². The first-order chi connectivity index (χ1) is 17.4. The summed E-state index contributed by atoms with van der Waals surface area (Å²) in [5.74, 6) is -1.01. The van der Waals surface area contributed by atoms with Crippen molar-refractivity contribution in [3.8, 4) is 0 Å². The first-order valence-corrected chi connectivity index (χ1v) is 14.1. The maximum atomic E-state index is 13.4. The minimum absolute atomic E-state index is 0.113. The predicted molar refractivity (Wildman–Crippen MR) is 137 cm³/mol. The minimum Gasteiger partial charge on any atom is -0.390 e. The number of hydrogen-bond acceptors (Lipinski definition) is 12. The number of carbonyl (C=O) groups excluding carboxylic acids is 1. The molecule has 37 heavy (non-hydrogen) atoms. The van der Waals surface area contributed by atoms with Crippen LogP contribution in [-0.4, -0.2) is 69.3 Å². The van der Waals surface area contributed by atoms with Crippen molar-refractivity contribution in [2.45, 2.75) is 37.2 Å². The summed E-state index contributed by atoms with van der Waals surface area (Å²) in [6, 6.07) is 5.98. The van der Waals surface area contributed by atoms with Crippen LogP contribution in [-0.2, 0) is 20.1 Å². The molecule has 0 amide bonds. The Morgan fingerprint density at radius 2 is 2.11 bits per heavy atom. The Kier molecular flexibility index (Phi) is 8.06. The van der Waals surface area contributed by atoms with E-state index in [9.17, 15) is 28.5 Å². The van der Waals surface area contributed by atoms with Crippen LogP contribution in [0.15, 0.2) is 46.8 Å². The minimum atomic E-state index is -4.21. The third kappa shape index (κ3) is 6.21. The zero-order valence-electron chi connectivity index (χ0n) is 19.4. The lowest BCUT2D eigenvalue weighted by atomic mass is 9.94. The second-order valence-corrected chi connectivity index (χ2v) is 11.7. The van der Waals surface area contributed by atoms with E-state index in [1.54, 1.807) is 36.6 Å². The van der Waals surface area contributed by atoms with E-state index in [0.29, 0.717) is 20.7 Å². The first-order valence-electron chi connectivity index (χ1n) is 11.0. The van der Waals surface area contributed by atoms with Gasteiger partial charge in [-0.3, -0.25) is 8.98 Å². The van der Waals surface area contributed by atoms with Gasteiger partial charge in [0.1, 0.15) is 28.5 Å². The number of pyridine rings is 1. The van der Waals surface area contributed by atoms with E-state index in [0.717, 1.165) is 11.3 Å². The molecule has 0 aliphatic heterocycles. The number of anilines is 1. The summed E-state index contributed by atoms with van der Waals surface area (Å²) in [6.45, 7) is 1.18. The molecule has 0 radical (unpaired) electrons. The van der Waals surface area contributed by atoms with Gasteiger partial charge in [-0.15, -0.1) is 11.3 Å². The summed E-state index contributed by atoms with van der Waals surface area (Å²) in [6.07, 6.45) is 0.107. The normalized spacial score (nSPS) is 23.5. The smallest absolute Gasteiger partial charge is 0.333 e. The lowest BCUT2D eigenvalue weighted by molar-refractivity contribution is 0.00778. The number of thiophene rings is 1. The highest BCUT2D eigenvalue weighted by molar-refractivity contribution is 9.10. The molecule has 0 saturated heterocycles. The summed E-state index contributed by atoms with van der Waals surface area (Å²) in [7, 11) is -4.21. The maximum Gasteiger partial charge on any atom is 0.333 e. The molecule has 0 aromatic carbocycles. The van der Waals surface area contributed by atoms with E-state index in [1.807, 2.05) is 0 Å². The second-order valence-electron chi connectivity index (χ2n) is 8.74. The average Bonchev–Trinajstić information content (AvgIpc) is 3.44. The van der Waals surface area contributed by atoms with Gasteiger partial charge in [0.05, 0.1) is 34.9 Å². The molecule has 15 heteroatoms. The molecule has 1 saturated carbocycles. The molecule has 1 fully saturated rings. The highest BCUT2D eigenvalue weighted by Crippen LogP contribution is 2.34. The molecule has 3 aromatic rings. The molecule has 0 unspecified atom stereocenters. The Bertz CT molecular complexity index is 1400. The van der Waals surface area contributed by atoms with Gasteiger partial charge in [0.15, 0.2) is 0 Å². The summed E-state index contributed by atoms with van der Waals surface area (Å²) in [5, 5.41) is 41.4. The number of rotatable bonds is 9. The van der Waals surface area contributed by atoms with E-state index < -0.39 is 52.5 Å². The first kappa shape index (κ1) is 27.7. The number of aliphatic hydroxyl groups is 3. The lowest BCUT2D eigenvalue weighted by Gasteiger charge is -2.21. The third-order valence-corrected chi connectivity index (χ3v) is 7.96. The Morgan fingerprint density at radius 3 is 2.81 bits per heavy atom. The Hall–Kier alpha value is -2.37. The molecule has 1 aliphatic rings. The van der Waals surface area contributed by atoms with Crippen LogP contribution in [0, 0.1) is 5.92 Å². The van der Waals surface area contributed by atoms with Gasteiger partial charge < -0.3 is 20.6 Å². The van der Waals surface area contributed by atoms with Gasteiger partial charge in [0, 0.05) is 17.7 Å². The van der Waals surface area contributed by atoms with Gasteiger partial charge in [-0.2, -0.15) is 8.42 Å². The standard InChI is InChI=1S/C22H24BrN5O7S2/c1-22(32,16-3-2-4-17(23)28-16)12-6-15(36-9-12)19(30)13-7-25-10-26-21(13)27-14-5-11(18(29)20(14)31)8-35-37(24,33)34/h2-4,6-7,9-11,14,18,20,29,31-32H,5,8H2,1H3,(H2,24,33,34)(H,25,26,27)/t11-,14-,18-,20+,22-/m1/s1. The zero-order valence-corrected chi connectivity index (χ0v) is 22.6. The van der Waals surface area contributed by atoms with Crippen molar-refractivity contribution in [3.05, 3.63) is 68.5 Å². The van der Waals surface area contributed by atoms with Gasteiger partial charge in [-0.1, -0.05) is 6.07 Å². The van der Waals surface area contributed by atoms with Gasteiger partial charge in [-0.25, -0.2) is 20.1 Å². The highest BCUT2D eigenvalue weighted by Gasteiger charge is 2.42. The van der Waals surface area contributed by atoms with E-state index in [-0.39, 0.29) is 17.8 Å². The number of aromatic nitrogens is 3. The van der Waals surface area contributed by atoms with Crippen LogP contribution in [0.5, 0.6) is 0 Å². The zero-order chi connectivity index (χ0) is 27.0. The van der Waals surface area contributed by atoms with Crippen LogP contribution in [0.25, 0.3) is 0 Å². The van der Waals surface area contributed by atoms with Gasteiger partial charge in [0.2, 0.25) is 5.78 Å².